The second-order valence-corrected chi connectivity index (χ2v) is 14.7. The van der Waals surface area contributed by atoms with E-state index in [4.69, 9.17) is 33.2 Å². The number of ether oxygens (including phenoxy) is 7. The first-order valence-electron chi connectivity index (χ1n) is 19.5. The summed E-state index contributed by atoms with van der Waals surface area (Å²) in [6, 6.07) is 24.6. The summed E-state index contributed by atoms with van der Waals surface area (Å²) in [4.78, 5) is 11.5. The highest BCUT2D eigenvalue weighted by molar-refractivity contribution is 5.70. The summed E-state index contributed by atoms with van der Waals surface area (Å²) in [6.45, 7) is 15.1. The predicted molar refractivity (Wildman–Crippen MR) is 235 cm³/mol. The Hall–Kier alpha value is -4.41. The number of benzene rings is 4. The van der Waals surface area contributed by atoms with Crippen LogP contribution in [0.1, 0.15) is 120 Å². The molecule has 1 unspecified atom stereocenters. The van der Waals surface area contributed by atoms with Crippen molar-refractivity contribution in [3.63, 3.8) is 0 Å². The van der Waals surface area contributed by atoms with Gasteiger partial charge in [0.15, 0.2) is 0 Å². The summed E-state index contributed by atoms with van der Waals surface area (Å²) < 4.78 is 38.2. The van der Waals surface area contributed by atoms with Crippen LogP contribution in [-0.2, 0) is 68.4 Å². The molecule has 1 atom stereocenters. The number of hydrogen-bond donors (Lipinski definition) is 1. The number of phenols is 1. The van der Waals surface area contributed by atoms with Gasteiger partial charge in [0.1, 0.15) is 23.0 Å². The van der Waals surface area contributed by atoms with Gasteiger partial charge < -0.3 is 38.3 Å². The summed E-state index contributed by atoms with van der Waals surface area (Å²) in [7, 11) is 6.47. The van der Waals surface area contributed by atoms with E-state index < -0.39 is 0 Å². The van der Waals surface area contributed by atoms with Gasteiger partial charge in [0, 0.05) is 70.5 Å². The lowest BCUT2D eigenvalue weighted by Gasteiger charge is -2.23. The molecule has 58 heavy (non-hydrogen) atoms. The Morgan fingerprint density at radius 2 is 1.05 bits per heavy atom. The molecular weight excluding hydrogens is 733 g/mol. The van der Waals surface area contributed by atoms with Crippen LogP contribution in [0.3, 0.4) is 0 Å². The lowest BCUT2D eigenvalue weighted by Crippen LogP contribution is -2.15. The minimum Gasteiger partial charge on any atom is -0.507 e. The normalized spacial score (nSPS) is 11.3. The van der Waals surface area contributed by atoms with E-state index in [0.717, 1.165) is 70.6 Å². The Kier molecular flexibility index (Phi) is 23.6. The van der Waals surface area contributed by atoms with Crippen molar-refractivity contribution in [2.75, 3.05) is 41.7 Å². The van der Waals surface area contributed by atoms with Crippen LogP contribution in [0.5, 0.6) is 23.0 Å². The van der Waals surface area contributed by atoms with E-state index in [0.29, 0.717) is 51.3 Å². The molecule has 4 aromatic rings. The largest absolute Gasteiger partial charge is 0.507 e. The second kappa shape index (κ2) is 26.6. The van der Waals surface area contributed by atoms with Gasteiger partial charge in [-0.1, -0.05) is 73.7 Å². The summed E-state index contributed by atoms with van der Waals surface area (Å²) >= 11 is 0. The van der Waals surface area contributed by atoms with Crippen LogP contribution in [0.4, 0.5) is 0 Å². The van der Waals surface area contributed by atoms with Crippen LogP contribution in [0.25, 0.3) is 0 Å². The van der Waals surface area contributed by atoms with E-state index >= 15 is 0 Å². The molecule has 1 N–H and O–H groups in total. The van der Waals surface area contributed by atoms with Crippen LogP contribution < -0.4 is 14.2 Å². The molecule has 0 amide bonds. The van der Waals surface area contributed by atoms with Crippen LogP contribution in [0, 0.1) is 0 Å². The number of hydrogen-bond acceptors (Lipinski definition) is 9. The number of methoxy groups -OCH3 is 4. The van der Waals surface area contributed by atoms with Crippen molar-refractivity contribution in [1.82, 2.24) is 0 Å². The Labute approximate surface area is 349 Å². The van der Waals surface area contributed by atoms with Gasteiger partial charge in [0.25, 0.3) is 0 Å². The molecule has 0 aliphatic carbocycles. The maximum absolute atomic E-state index is 11.5. The van der Waals surface area contributed by atoms with Gasteiger partial charge in [-0.2, -0.15) is 0 Å². The molecule has 0 aromatic heterocycles. The third-order valence-corrected chi connectivity index (χ3v) is 9.98. The Morgan fingerprint density at radius 3 is 1.43 bits per heavy atom. The van der Waals surface area contributed by atoms with E-state index in [2.05, 4.69) is 58.9 Å². The molecule has 9 nitrogen and oxygen atoms in total. The summed E-state index contributed by atoms with van der Waals surface area (Å²) in [6.07, 6.45) is 3.69. The first kappa shape index (κ1) is 51.6. The highest BCUT2D eigenvalue weighted by Gasteiger charge is 2.18. The molecule has 4 aromatic carbocycles. The topological polar surface area (TPSA) is 102 Å². The molecular formula is C49H72O9. The van der Waals surface area contributed by atoms with Crippen molar-refractivity contribution in [2.24, 2.45) is 0 Å². The van der Waals surface area contributed by atoms with Crippen LogP contribution in [-0.4, -0.2) is 52.7 Å². The van der Waals surface area contributed by atoms with Crippen molar-refractivity contribution < 1.29 is 43.1 Å². The van der Waals surface area contributed by atoms with Crippen molar-refractivity contribution in [2.45, 2.75) is 120 Å². The third-order valence-electron chi connectivity index (χ3n) is 9.98. The highest BCUT2D eigenvalue weighted by Crippen LogP contribution is 2.31. The zero-order valence-corrected chi connectivity index (χ0v) is 35.3. The van der Waals surface area contributed by atoms with Crippen molar-refractivity contribution in [3.8, 4) is 23.0 Å². The van der Waals surface area contributed by atoms with E-state index in [1.54, 1.807) is 28.4 Å². The van der Waals surface area contributed by atoms with Crippen molar-refractivity contribution in [3.05, 3.63) is 117 Å². The maximum Gasteiger partial charge on any atom is 0.308 e. The fourth-order valence-electron chi connectivity index (χ4n) is 6.19. The zero-order valence-electron chi connectivity index (χ0n) is 35.3. The van der Waals surface area contributed by atoms with Gasteiger partial charge in [0.2, 0.25) is 0 Å². The van der Waals surface area contributed by atoms with E-state index in [9.17, 15) is 9.90 Å². The van der Waals surface area contributed by atoms with Gasteiger partial charge in [-0.15, -0.1) is 0 Å². The summed E-state index contributed by atoms with van der Waals surface area (Å²) in [5.41, 5.74) is 8.20. The minimum atomic E-state index is -0.364. The molecule has 0 aliphatic heterocycles. The molecule has 0 aliphatic rings. The molecule has 322 valence electrons. The minimum absolute atomic E-state index is 0. The molecule has 0 heterocycles. The fraction of sp³-hybridized carbons (Fsp3) is 0.490. The summed E-state index contributed by atoms with van der Waals surface area (Å²) in [5, 5.41) is 10.3. The van der Waals surface area contributed by atoms with Crippen molar-refractivity contribution in [1.29, 1.82) is 0 Å². The predicted octanol–water partition coefficient (Wildman–Crippen LogP) is 11.3. The lowest BCUT2D eigenvalue weighted by atomic mass is 9.82. The van der Waals surface area contributed by atoms with Gasteiger partial charge >= 0.3 is 5.97 Å². The average Bonchev–Trinajstić information content (AvgIpc) is 3.18. The third kappa shape index (κ3) is 16.1. The Balaban J connectivity index is 0.000000562. The molecule has 0 radical (unpaired) electrons. The Bertz CT molecular complexity index is 1710. The second-order valence-electron chi connectivity index (χ2n) is 14.7. The standard InChI is InChI=1S/C24H32O5.C23H32O4.2CH4/c1-6-17(2)20-7-9-23(10-8-20)28-12-11-19-13-21(15-26-4)24(29-18(3)25)22(14-19)16-27-5;1-6-23(2,3)20-7-9-21(10-8-20)27-12-11-17-13-18(15-25-4)22(24)19(14-17)16-26-5;;/h7-10,13-14,17H,6,11-12,15-16H2,1-5H3;7-10,13-14,24H,6,11-12,15-16H2,1-5H3;2*1H4. The molecule has 0 fully saturated rings. The summed E-state index contributed by atoms with van der Waals surface area (Å²) in [5.74, 6) is 2.69. The molecule has 0 saturated carbocycles. The molecule has 0 spiro atoms. The Morgan fingerprint density at radius 1 is 0.655 bits per heavy atom. The van der Waals surface area contributed by atoms with Crippen LogP contribution in [0.2, 0.25) is 0 Å². The number of carbonyl (C=O) groups is 1. The number of aromatic hydroxyl groups is 1. The van der Waals surface area contributed by atoms with Crippen LogP contribution >= 0.6 is 0 Å². The van der Waals surface area contributed by atoms with Crippen molar-refractivity contribution >= 4 is 5.97 Å². The van der Waals surface area contributed by atoms with E-state index in [1.165, 1.54) is 18.1 Å². The molecule has 0 saturated heterocycles. The van der Waals surface area contributed by atoms with Gasteiger partial charge in [-0.05, 0) is 95.0 Å². The number of esters is 1. The zero-order chi connectivity index (χ0) is 41.1. The van der Waals surface area contributed by atoms with E-state index in [1.807, 2.05) is 48.5 Å². The fourth-order valence-corrected chi connectivity index (χ4v) is 6.19. The molecule has 0 bridgehead atoms. The van der Waals surface area contributed by atoms with Gasteiger partial charge in [0.05, 0.1) is 39.6 Å². The number of rotatable bonds is 21. The van der Waals surface area contributed by atoms with Crippen LogP contribution in [0.15, 0.2) is 72.8 Å². The quantitative estimate of drug-likeness (QED) is 0.0651. The SMILES string of the molecule is C.C.CCC(C)(C)c1ccc(OCCc2cc(COC)c(O)c(COC)c2)cc1.CCC(C)c1ccc(OCCc2cc(COC)c(OC(C)=O)c(COC)c2)cc1. The van der Waals surface area contributed by atoms with E-state index in [-0.39, 0.29) is 32.0 Å². The number of carbonyl (C=O) groups excluding carboxylic acids is 1. The number of phenolic OH excluding ortho intramolecular Hbond substituents is 1. The monoisotopic (exact) mass is 805 g/mol. The smallest absolute Gasteiger partial charge is 0.308 e. The maximum atomic E-state index is 11.5. The molecule has 4 rings (SSSR count). The van der Waals surface area contributed by atoms with Gasteiger partial charge in [-0.3, -0.25) is 4.79 Å². The lowest BCUT2D eigenvalue weighted by molar-refractivity contribution is -0.132. The first-order valence-corrected chi connectivity index (χ1v) is 19.5. The first-order chi connectivity index (χ1) is 26.9. The molecule has 9 heteroatoms. The highest BCUT2D eigenvalue weighted by atomic mass is 16.5. The average molecular weight is 805 g/mol. The van der Waals surface area contributed by atoms with Gasteiger partial charge in [-0.25, -0.2) is 0 Å².